The van der Waals surface area contributed by atoms with Gasteiger partial charge in [-0.25, -0.2) is 4.90 Å². The molecular formula is C26H24ClN3O3. The highest BCUT2D eigenvalue weighted by Crippen LogP contribution is 2.38. The van der Waals surface area contributed by atoms with Crippen molar-refractivity contribution in [1.29, 1.82) is 0 Å². The minimum Gasteiger partial charge on any atom is -0.496 e. The summed E-state index contributed by atoms with van der Waals surface area (Å²) in [6.45, 7) is 1.86. The second kappa shape index (κ2) is 9.00. The summed E-state index contributed by atoms with van der Waals surface area (Å²) in [6.07, 6.45) is 0. The van der Waals surface area contributed by atoms with Crippen LogP contribution in [-0.2, 0) is 9.59 Å². The van der Waals surface area contributed by atoms with Gasteiger partial charge in [0, 0.05) is 36.1 Å². The molecule has 0 fully saturated rings. The summed E-state index contributed by atoms with van der Waals surface area (Å²) in [5.74, 6) is -0.408. The first-order valence-electron chi connectivity index (χ1n) is 10.4. The van der Waals surface area contributed by atoms with E-state index in [2.05, 4.69) is 5.32 Å². The average molecular weight is 462 g/mol. The monoisotopic (exact) mass is 461 g/mol. The number of anilines is 3. The number of imide groups is 1. The van der Waals surface area contributed by atoms with Crippen molar-refractivity contribution in [2.45, 2.75) is 6.92 Å². The summed E-state index contributed by atoms with van der Waals surface area (Å²) in [4.78, 5) is 30.3. The predicted octanol–water partition coefficient (Wildman–Crippen LogP) is 5.12. The van der Waals surface area contributed by atoms with Gasteiger partial charge in [0.1, 0.15) is 11.4 Å². The maximum atomic E-state index is 13.6. The number of rotatable bonds is 6. The van der Waals surface area contributed by atoms with Crippen LogP contribution < -0.4 is 19.9 Å². The Morgan fingerprint density at radius 1 is 0.939 bits per heavy atom. The molecule has 2 amide bonds. The van der Waals surface area contributed by atoms with Crippen molar-refractivity contribution >= 4 is 46.1 Å². The number of hydrogen-bond donors (Lipinski definition) is 1. The number of carbonyl (C=O) groups is 2. The number of amides is 2. The number of aryl methyl sites for hydroxylation is 1. The molecule has 1 N–H and O–H groups in total. The topological polar surface area (TPSA) is 61.9 Å². The lowest BCUT2D eigenvalue weighted by Gasteiger charge is -2.17. The first kappa shape index (κ1) is 22.4. The molecule has 0 saturated carbocycles. The van der Waals surface area contributed by atoms with Crippen molar-refractivity contribution in [3.05, 3.63) is 88.6 Å². The van der Waals surface area contributed by atoms with Gasteiger partial charge in [-0.1, -0.05) is 35.9 Å². The molecule has 1 aliphatic heterocycles. The van der Waals surface area contributed by atoms with Gasteiger partial charge in [0.15, 0.2) is 0 Å². The number of halogens is 1. The number of para-hydroxylation sites is 1. The van der Waals surface area contributed by atoms with Gasteiger partial charge in [-0.3, -0.25) is 9.59 Å². The molecule has 1 heterocycles. The Balaban J connectivity index is 1.83. The summed E-state index contributed by atoms with van der Waals surface area (Å²) in [6, 6.07) is 19.9. The van der Waals surface area contributed by atoms with Crippen LogP contribution in [-0.4, -0.2) is 33.0 Å². The zero-order chi connectivity index (χ0) is 23.7. The molecule has 0 aliphatic carbocycles. The van der Waals surface area contributed by atoms with Crippen LogP contribution in [0.1, 0.15) is 11.1 Å². The van der Waals surface area contributed by atoms with E-state index in [-0.39, 0.29) is 11.3 Å². The van der Waals surface area contributed by atoms with Crippen LogP contribution in [0.15, 0.2) is 72.4 Å². The Labute approximate surface area is 198 Å². The third-order valence-corrected chi connectivity index (χ3v) is 5.93. The normalized spacial score (nSPS) is 13.5. The molecule has 0 aromatic heterocycles. The lowest BCUT2D eigenvalue weighted by molar-refractivity contribution is -0.120. The fourth-order valence-corrected chi connectivity index (χ4v) is 3.86. The van der Waals surface area contributed by atoms with Crippen LogP contribution in [0.4, 0.5) is 17.1 Å². The lowest BCUT2D eigenvalue weighted by atomic mass is 10.0. The number of ether oxygens (including phenoxy) is 1. The Morgan fingerprint density at radius 2 is 1.64 bits per heavy atom. The van der Waals surface area contributed by atoms with Crippen LogP contribution in [0.2, 0.25) is 5.02 Å². The van der Waals surface area contributed by atoms with E-state index in [1.165, 1.54) is 7.11 Å². The maximum Gasteiger partial charge on any atom is 0.282 e. The quantitative estimate of drug-likeness (QED) is 0.516. The van der Waals surface area contributed by atoms with E-state index >= 15 is 0 Å². The van der Waals surface area contributed by atoms with Gasteiger partial charge in [0.25, 0.3) is 11.8 Å². The number of hydrogen-bond acceptors (Lipinski definition) is 5. The SMILES string of the molecule is COc1ccccc1C1=C(Nc2ccc(N(C)C)cc2)C(=O)N(c2ccc(C)c(Cl)c2)C1=O. The molecule has 0 unspecified atom stereocenters. The Kier molecular flexibility index (Phi) is 6.11. The molecule has 3 aromatic carbocycles. The van der Waals surface area contributed by atoms with Crippen LogP contribution in [0.25, 0.3) is 5.57 Å². The van der Waals surface area contributed by atoms with E-state index in [0.29, 0.717) is 27.7 Å². The molecule has 0 saturated heterocycles. The van der Waals surface area contributed by atoms with E-state index in [9.17, 15) is 9.59 Å². The van der Waals surface area contributed by atoms with E-state index in [0.717, 1.165) is 16.2 Å². The summed E-state index contributed by atoms with van der Waals surface area (Å²) < 4.78 is 5.49. The minimum atomic E-state index is -0.461. The number of nitrogens with zero attached hydrogens (tertiary/aromatic N) is 2. The Morgan fingerprint density at radius 3 is 2.27 bits per heavy atom. The summed E-state index contributed by atoms with van der Waals surface area (Å²) >= 11 is 6.29. The minimum absolute atomic E-state index is 0.179. The first-order valence-corrected chi connectivity index (χ1v) is 10.8. The van der Waals surface area contributed by atoms with Gasteiger partial charge >= 0.3 is 0 Å². The molecule has 1 aliphatic rings. The fourth-order valence-electron chi connectivity index (χ4n) is 3.69. The lowest BCUT2D eigenvalue weighted by Crippen LogP contribution is -2.32. The smallest absolute Gasteiger partial charge is 0.282 e. The highest BCUT2D eigenvalue weighted by atomic mass is 35.5. The largest absolute Gasteiger partial charge is 0.496 e. The van der Waals surface area contributed by atoms with Crippen molar-refractivity contribution < 1.29 is 14.3 Å². The Hall–Kier alpha value is -3.77. The third kappa shape index (κ3) is 4.17. The molecule has 0 spiro atoms. The highest BCUT2D eigenvalue weighted by Gasteiger charge is 2.41. The molecule has 4 rings (SSSR count). The second-order valence-corrected chi connectivity index (χ2v) is 8.30. The van der Waals surface area contributed by atoms with Crippen molar-refractivity contribution in [1.82, 2.24) is 0 Å². The number of nitrogens with one attached hydrogen (secondary N) is 1. The molecular weight excluding hydrogens is 438 g/mol. The van der Waals surface area contributed by atoms with Gasteiger partial charge < -0.3 is 15.0 Å². The van der Waals surface area contributed by atoms with Crippen molar-refractivity contribution in [3.63, 3.8) is 0 Å². The fraction of sp³-hybridized carbons (Fsp3) is 0.154. The molecule has 6 nitrogen and oxygen atoms in total. The molecule has 7 heteroatoms. The predicted molar refractivity (Wildman–Crippen MR) is 133 cm³/mol. The molecule has 3 aromatic rings. The van der Waals surface area contributed by atoms with Crippen LogP contribution in [0.3, 0.4) is 0 Å². The van der Waals surface area contributed by atoms with Crippen LogP contribution in [0.5, 0.6) is 5.75 Å². The highest BCUT2D eigenvalue weighted by molar-refractivity contribution is 6.46. The maximum absolute atomic E-state index is 13.6. The Bertz CT molecular complexity index is 1270. The summed E-state index contributed by atoms with van der Waals surface area (Å²) in [5, 5.41) is 3.65. The summed E-state index contributed by atoms with van der Waals surface area (Å²) in [7, 11) is 5.44. The van der Waals surface area contributed by atoms with Gasteiger partial charge in [0.05, 0.1) is 18.4 Å². The van der Waals surface area contributed by atoms with E-state index < -0.39 is 11.8 Å². The average Bonchev–Trinajstić information content (AvgIpc) is 3.05. The number of carbonyl (C=O) groups excluding carboxylic acids is 2. The second-order valence-electron chi connectivity index (χ2n) is 7.90. The first-order chi connectivity index (χ1) is 15.8. The summed E-state index contributed by atoms with van der Waals surface area (Å²) in [5.41, 5.74) is 3.93. The molecule has 0 radical (unpaired) electrons. The van der Waals surface area contributed by atoms with Gasteiger partial charge in [-0.05, 0) is 55.0 Å². The van der Waals surface area contributed by atoms with Gasteiger partial charge in [-0.15, -0.1) is 0 Å². The zero-order valence-electron chi connectivity index (χ0n) is 18.8. The zero-order valence-corrected chi connectivity index (χ0v) is 19.6. The van der Waals surface area contributed by atoms with Crippen LogP contribution in [0, 0.1) is 6.92 Å². The van der Waals surface area contributed by atoms with Gasteiger partial charge in [0.2, 0.25) is 0 Å². The molecule has 33 heavy (non-hydrogen) atoms. The molecule has 0 atom stereocenters. The van der Waals surface area contributed by atoms with E-state index in [1.807, 2.05) is 56.3 Å². The molecule has 168 valence electrons. The van der Waals surface area contributed by atoms with E-state index in [4.69, 9.17) is 16.3 Å². The van der Waals surface area contributed by atoms with Crippen molar-refractivity contribution in [2.75, 3.05) is 36.3 Å². The number of methoxy groups -OCH3 is 1. The standard InChI is InChI=1S/C26H24ClN3O3/c1-16-9-12-19(15-21(16)27)30-25(31)23(20-7-5-6-8-22(20)33-4)24(26(30)32)28-17-10-13-18(14-11-17)29(2)3/h5-15,28H,1-4H3. The van der Waals surface area contributed by atoms with Gasteiger partial charge in [-0.2, -0.15) is 0 Å². The number of benzene rings is 3. The van der Waals surface area contributed by atoms with Crippen molar-refractivity contribution in [2.24, 2.45) is 0 Å². The third-order valence-electron chi connectivity index (χ3n) is 5.53. The molecule has 0 bridgehead atoms. The van der Waals surface area contributed by atoms with Crippen molar-refractivity contribution in [3.8, 4) is 5.75 Å². The van der Waals surface area contributed by atoms with Crippen LogP contribution >= 0.6 is 11.6 Å². The van der Waals surface area contributed by atoms with E-state index in [1.54, 1.807) is 36.4 Å².